The van der Waals surface area contributed by atoms with E-state index in [9.17, 15) is 14.7 Å². The summed E-state index contributed by atoms with van der Waals surface area (Å²) in [6.07, 6.45) is 0.255. The van der Waals surface area contributed by atoms with Crippen LogP contribution in [0.2, 0.25) is 5.02 Å². The Morgan fingerprint density at radius 3 is 2.52 bits per heavy atom. The van der Waals surface area contributed by atoms with Crippen molar-refractivity contribution in [3.05, 3.63) is 81.3 Å². The van der Waals surface area contributed by atoms with E-state index in [0.29, 0.717) is 5.02 Å². The molecule has 0 aliphatic heterocycles. The maximum atomic E-state index is 12.4. The van der Waals surface area contributed by atoms with Gasteiger partial charge >= 0.3 is 5.97 Å². The zero-order valence-corrected chi connectivity index (χ0v) is 16.6. The molecule has 3 aromatic carbocycles. The van der Waals surface area contributed by atoms with Crippen LogP contribution >= 0.6 is 27.5 Å². The van der Waals surface area contributed by atoms with Crippen molar-refractivity contribution in [2.75, 3.05) is 0 Å². The van der Waals surface area contributed by atoms with Crippen molar-refractivity contribution in [1.82, 2.24) is 5.32 Å². The normalized spacial score (nSPS) is 11.9. The molecule has 0 unspecified atom stereocenters. The molecule has 0 heterocycles. The van der Waals surface area contributed by atoms with E-state index in [-0.39, 0.29) is 18.7 Å². The highest BCUT2D eigenvalue weighted by molar-refractivity contribution is 9.10. The summed E-state index contributed by atoms with van der Waals surface area (Å²) in [4.78, 5) is 24.0. The third-order valence-corrected chi connectivity index (χ3v) is 5.25. The number of nitrogens with one attached hydrogen (secondary N) is 1. The van der Waals surface area contributed by atoms with Gasteiger partial charge in [-0.25, -0.2) is 4.79 Å². The van der Waals surface area contributed by atoms with Crippen LogP contribution in [-0.4, -0.2) is 23.0 Å². The number of carbonyl (C=O) groups excluding carboxylic acids is 1. The molecule has 1 amide bonds. The molecule has 138 valence electrons. The number of carboxylic acids is 1. The highest BCUT2D eigenvalue weighted by Gasteiger charge is 2.21. The third kappa shape index (κ3) is 5.08. The van der Waals surface area contributed by atoms with Gasteiger partial charge in [0.1, 0.15) is 6.04 Å². The topological polar surface area (TPSA) is 66.4 Å². The molecule has 1 atom stereocenters. The fourth-order valence-corrected chi connectivity index (χ4v) is 3.50. The van der Waals surface area contributed by atoms with Gasteiger partial charge in [0, 0.05) is 15.9 Å². The number of hydrogen-bond donors (Lipinski definition) is 2. The number of benzene rings is 3. The summed E-state index contributed by atoms with van der Waals surface area (Å²) in [5.41, 5.74) is 1.56. The zero-order valence-electron chi connectivity index (χ0n) is 14.3. The summed E-state index contributed by atoms with van der Waals surface area (Å²) in [5.74, 6) is -1.43. The molecule has 0 radical (unpaired) electrons. The maximum absolute atomic E-state index is 12.4. The Morgan fingerprint density at radius 2 is 1.78 bits per heavy atom. The molecule has 0 aliphatic carbocycles. The summed E-state index contributed by atoms with van der Waals surface area (Å²) in [6.45, 7) is 0. The van der Waals surface area contributed by atoms with Crippen LogP contribution in [0.1, 0.15) is 11.1 Å². The van der Waals surface area contributed by atoms with E-state index >= 15 is 0 Å². The molecule has 27 heavy (non-hydrogen) atoms. The molecule has 0 spiro atoms. The lowest BCUT2D eigenvalue weighted by atomic mass is 10.0. The number of rotatable bonds is 6. The molecule has 3 aromatic rings. The molecular weight excluding hydrogens is 430 g/mol. The molecule has 6 heteroatoms. The Labute approximate surface area is 170 Å². The van der Waals surface area contributed by atoms with E-state index in [1.54, 1.807) is 18.2 Å². The average Bonchev–Trinajstić information content (AvgIpc) is 2.64. The van der Waals surface area contributed by atoms with Crippen molar-refractivity contribution in [2.45, 2.75) is 18.9 Å². The van der Waals surface area contributed by atoms with Gasteiger partial charge in [-0.05, 0) is 40.1 Å². The van der Waals surface area contributed by atoms with Crippen LogP contribution in [0.25, 0.3) is 10.8 Å². The van der Waals surface area contributed by atoms with Crippen molar-refractivity contribution in [1.29, 1.82) is 0 Å². The van der Waals surface area contributed by atoms with E-state index in [0.717, 1.165) is 26.4 Å². The van der Waals surface area contributed by atoms with E-state index in [2.05, 4.69) is 21.2 Å². The molecular formula is C21H17BrClNO3. The number of amides is 1. The Kier molecular flexibility index (Phi) is 6.14. The van der Waals surface area contributed by atoms with Crippen molar-refractivity contribution < 1.29 is 14.7 Å². The van der Waals surface area contributed by atoms with Gasteiger partial charge in [-0.3, -0.25) is 4.79 Å². The zero-order chi connectivity index (χ0) is 19.4. The minimum absolute atomic E-state index is 0.116. The maximum Gasteiger partial charge on any atom is 0.326 e. The van der Waals surface area contributed by atoms with Gasteiger partial charge in [-0.2, -0.15) is 0 Å². The van der Waals surface area contributed by atoms with E-state index in [1.807, 2.05) is 42.5 Å². The lowest BCUT2D eigenvalue weighted by molar-refractivity contribution is -0.141. The first-order chi connectivity index (χ1) is 12.9. The van der Waals surface area contributed by atoms with Crippen LogP contribution in [0.3, 0.4) is 0 Å². The van der Waals surface area contributed by atoms with Crippen LogP contribution in [-0.2, 0) is 22.4 Å². The third-order valence-electron chi connectivity index (χ3n) is 4.24. The SMILES string of the molecule is O=C(Cc1ccc2ccccc2c1)N[C@@H](Cc1cc(Cl)ccc1Br)C(=O)O. The van der Waals surface area contributed by atoms with Crippen LogP contribution in [0, 0.1) is 0 Å². The minimum atomic E-state index is -1.09. The fraction of sp³-hybridized carbons (Fsp3) is 0.143. The first kappa shape index (κ1) is 19.4. The molecule has 3 rings (SSSR count). The van der Waals surface area contributed by atoms with Gasteiger partial charge in [0.05, 0.1) is 6.42 Å². The smallest absolute Gasteiger partial charge is 0.326 e. The van der Waals surface area contributed by atoms with Gasteiger partial charge in [0.25, 0.3) is 0 Å². The summed E-state index contributed by atoms with van der Waals surface area (Å²) in [7, 11) is 0. The number of carboxylic acid groups (broad SMARTS) is 1. The molecule has 0 saturated heterocycles. The predicted molar refractivity (Wildman–Crippen MR) is 110 cm³/mol. The lowest BCUT2D eigenvalue weighted by Gasteiger charge is -2.16. The molecule has 0 saturated carbocycles. The number of halogens is 2. The number of carbonyl (C=O) groups is 2. The fourth-order valence-electron chi connectivity index (χ4n) is 2.90. The van der Waals surface area contributed by atoms with Crippen LogP contribution in [0.4, 0.5) is 0 Å². The monoisotopic (exact) mass is 445 g/mol. The lowest BCUT2D eigenvalue weighted by Crippen LogP contribution is -2.43. The summed E-state index contributed by atoms with van der Waals surface area (Å²) >= 11 is 9.37. The quantitative estimate of drug-likeness (QED) is 0.581. The largest absolute Gasteiger partial charge is 0.480 e. The van der Waals surface area contributed by atoms with Crippen molar-refractivity contribution in [2.24, 2.45) is 0 Å². The summed E-state index contributed by atoms with van der Waals surface area (Å²) < 4.78 is 0.752. The first-order valence-electron chi connectivity index (χ1n) is 8.36. The average molecular weight is 447 g/mol. The van der Waals surface area contributed by atoms with Crippen LogP contribution in [0.5, 0.6) is 0 Å². The Morgan fingerprint density at radius 1 is 1.04 bits per heavy atom. The molecule has 2 N–H and O–H groups in total. The minimum Gasteiger partial charge on any atom is -0.480 e. The van der Waals surface area contributed by atoms with Gasteiger partial charge in [0.15, 0.2) is 0 Å². The predicted octanol–water partition coefficient (Wildman–Crippen LogP) is 4.61. The molecule has 0 aromatic heterocycles. The second-order valence-corrected chi connectivity index (χ2v) is 7.55. The number of aliphatic carboxylic acids is 1. The van der Waals surface area contributed by atoms with E-state index < -0.39 is 12.0 Å². The Bertz CT molecular complexity index is 1010. The molecule has 0 bridgehead atoms. The highest BCUT2D eigenvalue weighted by Crippen LogP contribution is 2.22. The first-order valence-corrected chi connectivity index (χ1v) is 9.53. The van der Waals surface area contributed by atoms with Crippen molar-refractivity contribution in [3.63, 3.8) is 0 Å². The number of fused-ring (bicyclic) bond motifs is 1. The van der Waals surface area contributed by atoms with Gasteiger partial charge in [0.2, 0.25) is 5.91 Å². The van der Waals surface area contributed by atoms with E-state index in [4.69, 9.17) is 11.6 Å². The van der Waals surface area contributed by atoms with Crippen molar-refractivity contribution in [3.8, 4) is 0 Å². The second-order valence-electron chi connectivity index (χ2n) is 6.26. The van der Waals surface area contributed by atoms with Crippen LogP contribution < -0.4 is 5.32 Å². The molecule has 0 fully saturated rings. The highest BCUT2D eigenvalue weighted by atomic mass is 79.9. The van der Waals surface area contributed by atoms with Gasteiger partial charge in [-0.15, -0.1) is 0 Å². The number of hydrogen-bond acceptors (Lipinski definition) is 2. The van der Waals surface area contributed by atoms with Crippen LogP contribution in [0.15, 0.2) is 65.1 Å². The Balaban J connectivity index is 1.71. The summed E-state index contributed by atoms with van der Waals surface area (Å²) in [5, 5.41) is 14.7. The van der Waals surface area contributed by atoms with Crippen molar-refractivity contribution >= 4 is 50.2 Å². The van der Waals surface area contributed by atoms with Gasteiger partial charge < -0.3 is 10.4 Å². The summed E-state index contributed by atoms with van der Waals surface area (Å²) in [6, 6.07) is 17.8. The molecule has 0 aliphatic rings. The second kappa shape index (κ2) is 8.55. The van der Waals surface area contributed by atoms with E-state index in [1.165, 1.54) is 0 Å². The molecule has 4 nitrogen and oxygen atoms in total. The van der Waals surface area contributed by atoms with Gasteiger partial charge in [-0.1, -0.05) is 70.0 Å². The Hall–Kier alpha value is -2.37. The standard InChI is InChI=1S/C21H17BrClNO3/c22-18-8-7-17(23)11-16(18)12-19(21(26)27)24-20(25)10-13-5-6-14-3-1-2-4-15(14)9-13/h1-9,11,19H,10,12H2,(H,24,25)(H,26,27)/t19-/m0/s1.